The van der Waals surface area contributed by atoms with Crippen molar-refractivity contribution in [2.45, 2.75) is 59.2 Å². The molecule has 0 spiro atoms. The second kappa shape index (κ2) is 8.17. The molecule has 3 aromatic rings. The van der Waals surface area contributed by atoms with Crippen LogP contribution in [0.5, 0.6) is 5.75 Å². The molecule has 1 N–H and O–H groups in total. The van der Waals surface area contributed by atoms with Crippen LogP contribution in [-0.2, 0) is 16.0 Å². The Hall–Kier alpha value is -2.99. The van der Waals surface area contributed by atoms with E-state index in [1.807, 2.05) is 19.1 Å². The van der Waals surface area contributed by atoms with E-state index in [1.54, 1.807) is 39.8 Å². The van der Waals surface area contributed by atoms with E-state index in [2.05, 4.69) is 4.98 Å². The van der Waals surface area contributed by atoms with Crippen LogP contribution < -0.4 is 4.74 Å². The molecule has 4 rings (SSSR count). The lowest BCUT2D eigenvalue weighted by atomic mass is 9.86. The number of aryl methyl sites for hydroxylation is 1. The highest BCUT2D eigenvalue weighted by atomic mass is 19.1. The molecule has 0 unspecified atom stereocenters. The molecule has 2 heterocycles. The fourth-order valence-electron chi connectivity index (χ4n) is 4.48. The Morgan fingerprint density at radius 2 is 1.97 bits per heavy atom. The number of fused-ring (bicyclic) bond motifs is 2. The first kappa shape index (κ1) is 22.2. The van der Waals surface area contributed by atoms with Gasteiger partial charge in [0.15, 0.2) is 6.10 Å². The van der Waals surface area contributed by atoms with Gasteiger partial charge in [0.05, 0.1) is 17.7 Å². The standard InChI is InChI=1S/C26H28FNO4/c1-14-16-8-7-13-31-20(16)12-11-17(14)22-21(24(25(29)30)32-26(3,4)5)15(2)28-19-10-6-9-18(27)23(19)22/h6,9-12,24H,7-8,13H2,1-5H3,(H,29,30)/t24-/m0/s1. The zero-order valence-corrected chi connectivity index (χ0v) is 19.1. The summed E-state index contributed by atoms with van der Waals surface area (Å²) in [5.74, 6) is -0.754. The number of carbonyl (C=O) groups is 1. The van der Waals surface area contributed by atoms with Gasteiger partial charge in [-0.05, 0) is 82.3 Å². The quantitative estimate of drug-likeness (QED) is 0.548. The molecule has 0 amide bonds. The highest BCUT2D eigenvalue weighted by Gasteiger charge is 2.33. The fraction of sp³-hybridized carbons (Fsp3) is 0.385. The molecule has 0 fully saturated rings. The Morgan fingerprint density at radius 1 is 1.22 bits per heavy atom. The van der Waals surface area contributed by atoms with Crippen molar-refractivity contribution >= 4 is 16.9 Å². The van der Waals surface area contributed by atoms with Gasteiger partial charge in [-0.3, -0.25) is 4.98 Å². The maximum atomic E-state index is 15.3. The second-order valence-electron chi connectivity index (χ2n) is 9.24. The van der Waals surface area contributed by atoms with Crippen LogP contribution in [0.15, 0.2) is 30.3 Å². The minimum absolute atomic E-state index is 0.302. The summed E-state index contributed by atoms with van der Waals surface area (Å²) in [6.45, 7) is 9.80. The van der Waals surface area contributed by atoms with Crippen molar-refractivity contribution in [3.8, 4) is 16.9 Å². The number of nitrogens with zero attached hydrogens (tertiary/aromatic N) is 1. The zero-order chi connectivity index (χ0) is 23.2. The highest BCUT2D eigenvalue weighted by Crippen LogP contribution is 2.43. The van der Waals surface area contributed by atoms with Crippen LogP contribution in [0.2, 0.25) is 0 Å². The number of ether oxygens (including phenoxy) is 2. The molecule has 1 atom stereocenters. The van der Waals surface area contributed by atoms with E-state index >= 15 is 4.39 Å². The number of carboxylic acids is 1. The molecule has 5 nitrogen and oxygen atoms in total. The van der Waals surface area contributed by atoms with Crippen molar-refractivity contribution in [2.24, 2.45) is 0 Å². The first-order valence-corrected chi connectivity index (χ1v) is 10.8. The van der Waals surface area contributed by atoms with Gasteiger partial charge in [0.1, 0.15) is 11.6 Å². The minimum Gasteiger partial charge on any atom is -0.493 e. The van der Waals surface area contributed by atoms with Gasteiger partial charge in [-0.2, -0.15) is 0 Å². The average Bonchev–Trinajstić information content (AvgIpc) is 2.71. The number of halogens is 1. The lowest BCUT2D eigenvalue weighted by Gasteiger charge is -2.29. The molecule has 0 saturated carbocycles. The number of aromatic nitrogens is 1. The Morgan fingerprint density at radius 3 is 2.66 bits per heavy atom. The lowest BCUT2D eigenvalue weighted by molar-refractivity contribution is -0.160. The number of rotatable bonds is 4. The van der Waals surface area contributed by atoms with Crippen LogP contribution in [0, 0.1) is 19.7 Å². The first-order valence-electron chi connectivity index (χ1n) is 10.8. The Kier molecular flexibility index (Phi) is 5.67. The van der Waals surface area contributed by atoms with Crippen molar-refractivity contribution in [1.82, 2.24) is 4.98 Å². The molecule has 168 valence electrons. The molecule has 0 bridgehead atoms. The van der Waals surface area contributed by atoms with E-state index in [9.17, 15) is 9.90 Å². The number of carboxylic acid groups (broad SMARTS) is 1. The number of hydrogen-bond donors (Lipinski definition) is 1. The number of pyridine rings is 1. The van der Waals surface area contributed by atoms with Crippen LogP contribution in [0.4, 0.5) is 4.39 Å². The SMILES string of the molecule is Cc1nc2cccc(F)c2c(-c2ccc3c(c2C)CCCO3)c1[C@H](OC(C)(C)C)C(=O)O. The van der Waals surface area contributed by atoms with Gasteiger partial charge in [0.25, 0.3) is 0 Å². The molecule has 0 saturated heterocycles. The molecule has 1 aliphatic heterocycles. The van der Waals surface area contributed by atoms with E-state index in [-0.39, 0.29) is 0 Å². The maximum absolute atomic E-state index is 15.3. The summed E-state index contributed by atoms with van der Waals surface area (Å²) in [7, 11) is 0. The van der Waals surface area contributed by atoms with Gasteiger partial charge in [0.2, 0.25) is 0 Å². The van der Waals surface area contributed by atoms with Gasteiger partial charge >= 0.3 is 5.97 Å². The van der Waals surface area contributed by atoms with Crippen molar-refractivity contribution in [3.63, 3.8) is 0 Å². The third-order valence-electron chi connectivity index (χ3n) is 5.80. The summed E-state index contributed by atoms with van der Waals surface area (Å²) in [5.41, 5.74) is 3.96. The molecule has 0 aliphatic carbocycles. The first-order chi connectivity index (χ1) is 15.1. The van der Waals surface area contributed by atoms with Crippen molar-refractivity contribution in [2.75, 3.05) is 6.61 Å². The second-order valence-corrected chi connectivity index (χ2v) is 9.24. The number of aliphatic carboxylic acids is 1. The predicted molar refractivity (Wildman–Crippen MR) is 122 cm³/mol. The zero-order valence-electron chi connectivity index (χ0n) is 19.1. The molecule has 32 heavy (non-hydrogen) atoms. The summed E-state index contributed by atoms with van der Waals surface area (Å²) in [4.78, 5) is 17.0. The fourth-order valence-corrected chi connectivity index (χ4v) is 4.48. The van der Waals surface area contributed by atoms with E-state index < -0.39 is 23.5 Å². The third kappa shape index (κ3) is 3.95. The van der Waals surface area contributed by atoms with E-state index in [1.165, 1.54) is 6.07 Å². The summed E-state index contributed by atoms with van der Waals surface area (Å²) in [5, 5.41) is 10.4. The molecule has 6 heteroatoms. The number of benzene rings is 2. The molecular formula is C26H28FNO4. The number of hydrogen-bond acceptors (Lipinski definition) is 4. The van der Waals surface area contributed by atoms with E-state index in [0.717, 1.165) is 35.3 Å². The van der Waals surface area contributed by atoms with E-state index in [0.29, 0.717) is 34.3 Å². The van der Waals surface area contributed by atoms with Crippen molar-refractivity contribution < 1.29 is 23.8 Å². The summed E-state index contributed by atoms with van der Waals surface area (Å²) < 4.78 is 27.1. The summed E-state index contributed by atoms with van der Waals surface area (Å²) >= 11 is 0. The summed E-state index contributed by atoms with van der Waals surface area (Å²) in [6.07, 6.45) is 0.461. The monoisotopic (exact) mass is 437 g/mol. The molecular weight excluding hydrogens is 409 g/mol. The predicted octanol–water partition coefficient (Wildman–Crippen LogP) is 5.92. The topological polar surface area (TPSA) is 68.7 Å². The average molecular weight is 438 g/mol. The van der Waals surface area contributed by atoms with Crippen molar-refractivity contribution in [1.29, 1.82) is 0 Å². The van der Waals surface area contributed by atoms with Crippen LogP contribution in [-0.4, -0.2) is 28.3 Å². The van der Waals surface area contributed by atoms with Gasteiger partial charge in [0, 0.05) is 22.2 Å². The van der Waals surface area contributed by atoms with Crippen molar-refractivity contribution in [3.05, 3.63) is 58.5 Å². The smallest absolute Gasteiger partial charge is 0.337 e. The highest BCUT2D eigenvalue weighted by molar-refractivity contribution is 6.00. The van der Waals surface area contributed by atoms with Gasteiger partial charge < -0.3 is 14.6 Å². The maximum Gasteiger partial charge on any atom is 0.337 e. The third-order valence-corrected chi connectivity index (χ3v) is 5.80. The van der Waals surface area contributed by atoms with Crippen LogP contribution in [0.3, 0.4) is 0 Å². The van der Waals surface area contributed by atoms with Gasteiger partial charge in [-0.15, -0.1) is 0 Å². The van der Waals surface area contributed by atoms with Crippen LogP contribution >= 0.6 is 0 Å². The lowest BCUT2D eigenvalue weighted by Crippen LogP contribution is -2.28. The van der Waals surface area contributed by atoms with Crippen LogP contribution in [0.25, 0.3) is 22.0 Å². The van der Waals surface area contributed by atoms with Crippen LogP contribution in [0.1, 0.15) is 55.7 Å². The molecule has 1 aliphatic rings. The van der Waals surface area contributed by atoms with E-state index in [4.69, 9.17) is 9.47 Å². The summed E-state index contributed by atoms with van der Waals surface area (Å²) in [6, 6.07) is 8.52. The molecule has 2 aromatic carbocycles. The Bertz CT molecular complexity index is 1210. The Balaban J connectivity index is 2.11. The van der Waals surface area contributed by atoms with Gasteiger partial charge in [-0.1, -0.05) is 12.1 Å². The largest absolute Gasteiger partial charge is 0.493 e. The normalized spacial score (nSPS) is 14.7. The Labute approximate surface area is 187 Å². The van der Waals surface area contributed by atoms with Gasteiger partial charge in [-0.25, -0.2) is 9.18 Å². The minimum atomic E-state index is -1.30. The molecule has 0 radical (unpaired) electrons. The molecule has 1 aromatic heterocycles.